The summed E-state index contributed by atoms with van der Waals surface area (Å²) in [7, 11) is 0. The van der Waals surface area contributed by atoms with Crippen molar-refractivity contribution in [3.05, 3.63) is 28.8 Å². The second kappa shape index (κ2) is 8.63. The molecule has 0 aromatic carbocycles. The summed E-state index contributed by atoms with van der Waals surface area (Å²) in [6, 6.07) is 4.03. The highest BCUT2D eigenvalue weighted by Gasteiger charge is 2.36. The molecule has 160 valence electrons. The Morgan fingerprint density at radius 1 is 1.03 bits per heavy atom. The van der Waals surface area contributed by atoms with Gasteiger partial charge in [-0.25, -0.2) is 4.98 Å². The lowest BCUT2D eigenvalue weighted by molar-refractivity contribution is -0.135. The van der Waals surface area contributed by atoms with Gasteiger partial charge >= 0.3 is 0 Å². The number of amides is 2. The Morgan fingerprint density at radius 2 is 1.83 bits per heavy atom. The topological polar surface area (TPSA) is 62.7 Å². The molecule has 1 saturated carbocycles. The summed E-state index contributed by atoms with van der Waals surface area (Å²) in [5, 5.41) is 1.08. The molecule has 7 heteroatoms. The van der Waals surface area contributed by atoms with Gasteiger partial charge in [-0.05, 0) is 30.9 Å². The fourth-order valence-corrected chi connectivity index (χ4v) is 6.43. The third kappa shape index (κ3) is 3.73. The average Bonchev–Trinajstić information content (AvgIpc) is 3.44. The molecule has 2 amide bonds. The number of likely N-dealkylation sites (tertiary alicyclic amines) is 1. The lowest BCUT2D eigenvalue weighted by atomic mass is 9.88. The lowest BCUT2D eigenvalue weighted by Gasteiger charge is -2.27. The zero-order chi connectivity index (χ0) is 20.5. The molecule has 4 heterocycles. The quantitative estimate of drug-likeness (QED) is 0.750. The summed E-state index contributed by atoms with van der Waals surface area (Å²) in [5.41, 5.74) is 1.11. The van der Waals surface area contributed by atoms with Crippen LogP contribution in [0.3, 0.4) is 0 Å². The van der Waals surface area contributed by atoms with Crippen LogP contribution in [0.4, 0.5) is 0 Å². The van der Waals surface area contributed by atoms with Crippen molar-refractivity contribution in [2.75, 3.05) is 39.4 Å². The smallest absolute Gasteiger partial charge is 0.264 e. The molecule has 3 aliphatic rings. The van der Waals surface area contributed by atoms with Crippen LogP contribution in [0.15, 0.2) is 18.3 Å². The van der Waals surface area contributed by atoms with E-state index in [0.717, 1.165) is 53.0 Å². The van der Waals surface area contributed by atoms with Crippen molar-refractivity contribution in [3.8, 4) is 0 Å². The summed E-state index contributed by atoms with van der Waals surface area (Å²) < 4.78 is 5.43. The van der Waals surface area contributed by atoms with Crippen LogP contribution in [-0.4, -0.2) is 66.0 Å². The second-order valence-electron chi connectivity index (χ2n) is 8.71. The molecular weight excluding hydrogens is 398 g/mol. The van der Waals surface area contributed by atoms with E-state index >= 15 is 0 Å². The zero-order valence-corrected chi connectivity index (χ0v) is 18.2. The highest BCUT2D eigenvalue weighted by atomic mass is 32.1. The number of ether oxygens (including phenoxy) is 1. The summed E-state index contributed by atoms with van der Waals surface area (Å²) in [4.78, 5) is 36.7. The van der Waals surface area contributed by atoms with E-state index in [1.54, 1.807) is 6.20 Å². The molecule has 1 atom stereocenters. The minimum Gasteiger partial charge on any atom is -0.378 e. The van der Waals surface area contributed by atoms with Gasteiger partial charge < -0.3 is 14.5 Å². The van der Waals surface area contributed by atoms with Crippen molar-refractivity contribution in [1.82, 2.24) is 14.8 Å². The maximum absolute atomic E-state index is 13.4. The largest absolute Gasteiger partial charge is 0.378 e. The van der Waals surface area contributed by atoms with Crippen LogP contribution in [0, 0.1) is 5.92 Å². The van der Waals surface area contributed by atoms with E-state index in [1.165, 1.54) is 30.6 Å². The molecule has 30 heavy (non-hydrogen) atoms. The van der Waals surface area contributed by atoms with Crippen molar-refractivity contribution in [2.24, 2.45) is 5.92 Å². The molecule has 2 aromatic rings. The normalized spacial score (nSPS) is 23.3. The number of pyridine rings is 1. The Hall–Kier alpha value is -1.99. The number of rotatable bonds is 3. The molecule has 2 aromatic heterocycles. The lowest BCUT2D eigenvalue weighted by Crippen LogP contribution is -2.40. The maximum Gasteiger partial charge on any atom is 0.264 e. The number of morpholine rings is 1. The van der Waals surface area contributed by atoms with Crippen molar-refractivity contribution >= 4 is 33.4 Å². The number of hydrogen-bond donors (Lipinski definition) is 0. The first kappa shape index (κ1) is 19.9. The third-order valence-corrected chi connectivity index (χ3v) is 7.98. The van der Waals surface area contributed by atoms with Gasteiger partial charge in [-0.1, -0.05) is 25.3 Å². The van der Waals surface area contributed by atoms with Gasteiger partial charge in [0.05, 0.1) is 18.1 Å². The number of fused-ring (bicyclic) bond motifs is 1. The van der Waals surface area contributed by atoms with Gasteiger partial charge in [0.1, 0.15) is 4.83 Å². The van der Waals surface area contributed by atoms with Crippen LogP contribution in [-0.2, 0) is 9.53 Å². The van der Waals surface area contributed by atoms with Crippen molar-refractivity contribution in [3.63, 3.8) is 0 Å². The van der Waals surface area contributed by atoms with Crippen LogP contribution >= 0.6 is 11.3 Å². The van der Waals surface area contributed by atoms with Gasteiger partial charge in [-0.15, -0.1) is 11.3 Å². The standard InChI is InChI=1S/C23H29N3O3S/c27-22(16-5-2-1-3-6-16)26-10-8-17(15-26)19-18-7-4-9-24-21(18)30-20(19)23(28)25-11-13-29-14-12-25/h4,7,9,16-17H,1-3,5-6,8,10-15H2. The highest BCUT2D eigenvalue weighted by molar-refractivity contribution is 7.20. The summed E-state index contributed by atoms with van der Waals surface area (Å²) in [6.07, 6.45) is 8.38. The fourth-order valence-electron chi connectivity index (χ4n) is 5.23. The van der Waals surface area contributed by atoms with Crippen molar-refractivity contribution < 1.29 is 14.3 Å². The molecular formula is C23H29N3O3S. The first-order valence-corrected chi connectivity index (χ1v) is 12.1. The number of carbonyl (C=O) groups excluding carboxylic acids is 2. The van der Waals surface area contributed by atoms with Crippen LogP contribution < -0.4 is 0 Å². The van der Waals surface area contributed by atoms with E-state index in [0.29, 0.717) is 32.2 Å². The zero-order valence-electron chi connectivity index (χ0n) is 17.3. The second-order valence-corrected chi connectivity index (χ2v) is 9.71. The van der Waals surface area contributed by atoms with Gasteiger partial charge in [0.25, 0.3) is 5.91 Å². The highest BCUT2D eigenvalue weighted by Crippen LogP contribution is 2.40. The van der Waals surface area contributed by atoms with Crippen LogP contribution in [0.1, 0.15) is 59.7 Å². The van der Waals surface area contributed by atoms with E-state index in [1.807, 2.05) is 11.0 Å². The van der Waals surface area contributed by atoms with Crippen LogP contribution in [0.5, 0.6) is 0 Å². The van der Waals surface area contributed by atoms with Gasteiger partial charge in [-0.2, -0.15) is 0 Å². The van der Waals surface area contributed by atoms with Gasteiger partial charge in [0.15, 0.2) is 0 Å². The molecule has 1 aliphatic carbocycles. The number of aromatic nitrogens is 1. The molecule has 0 bridgehead atoms. The minimum absolute atomic E-state index is 0.0911. The van der Waals surface area contributed by atoms with E-state index in [-0.39, 0.29) is 17.7 Å². The molecule has 1 unspecified atom stereocenters. The van der Waals surface area contributed by atoms with E-state index in [2.05, 4.69) is 16.0 Å². The van der Waals surface area contributed by atoms with E-state index < -0.39 is 0 Å². The fraction of sp³-hybridized carbons (Fsp3) is 0.609. The summed E-state index contributed by atoms with van der Waals surface area (Å²) in [6.45, 7) is 3.98. The summed E-state index contributed by atoms with van der Waals surface area (Å²) in [5.74, 6) is 0.826. The molecule has 6 nitrogen and oxygen atoms in total. The van der Waals surface area contributed by atoms with Crippen molar-refractivity contribution in [1.29, 1.82) is 0 Å². The van der Waals surface area contributed by atoms with Crippen LogP contribution in [0.2, 0.25) is 0 Å². The predicted molar refractivity (Wildman–Crippen MR) is 117 cm³/mol. The van der Waals surface area contributed by atoms with Gasteiger partial charge in [0.2, 0.25) is 5.91 Å². The SMILES string of the molecule is O=C(c1sc2ncccc2c1C1CCN(C(=O)C2CCCCC2)C1)N1CCOCC1. The predicted octanol–water partition coefficient (Wildman–Crippen LogP) is 3.66. The van der Waals surface area contributed by atoms with Gasteiger partial charge in [0, 0.05) is 49.6 Å². The molecule has 0 radical (unpaired) electrons. The Bertz CT molecular complexity index is 931. The Morgan fingerprint density at radius 3 is 2.63 bits per heavy atom. The maximum atomic E-state index is 13.4. The Labute approximate surface area is 181 Å². The van der Waals surface area contributed by atoms with Crippen LogP contribution in [0.25, 0.3) is 10.2 Å². The molecule has 2 saturated heterocycles. The first-order chi connectivity index (χ1) is 14.7. The summed E-state index contributed by atoms with van der Waals surface area (Å²) >= 11 is 1.50. The minimum atomic E-state index is 0.0911. The third-order valence-electron chi connectivity index (χ3n) is 6.86. The molecule has 5 rings (SSSR count). The molecule has 0 spiro atoms. The number of carbonyl (C=O) groups is 2. The Kier molecular flexibility index (Phi) is 5.74. The average molecular weight is 428 g/mol. The molecule has 3 fully saturated rings. The monoisotopic (exact) mass is 427 g/mol. The van der Waals surface area contributed by atoms with Gasteiger partial charge in [-0.3, -0.25) is 9.59 Å². The Balaban J connectivity index is 1.42. The number of hydrogen-bond acceptors (Lipinski definition) is 5. The van der Waals surface area contributed by atoms with Crippen molar-refractivity contribution in [2.45, 2.75) is 44.4 Å². The number of thiophene rings is 1. The van der Waals surface area contributed by atoms with E-state index in [9.17, 15) is 9.59 Å². The molecule has 2 aliphatic heterocycles. The molecule has 0 N–H and O–H groups in total. The van der Waals surface area contributed by atoms with E-state index in [4.69, 9.17) is 4.74 Å². The number of nitrogens with zero attached hydrogens (tertiary/aromatic N) is 3. The first-order valence-electron chi connectivity index (χ1n) is 11.3.